The number of carbonyl (C=O) groups excluding carboxylic acids is 2. The molecule has 0 aromatic heterocycles. The highest BCUT2D eigenvalue weighted by atomic mass is 35.5. The maximum atomic E-state index is 12.1. The molecule has 1 N–H and O–H groups in total. The topological polar surface area (TPSA) is 49.4 Å². The highest BCUT2D eigenvalue weighted by molar-refractivity contribution is 8.00. The molecule has 0 unspecified atom stereocenters. The number of benzene rings is 1. The molecule has 1 aliphatic rings. The van der Waals surface area contributed by atoms with Gasteiger partial charge in [0.05, 0.1) is 5.75 Å². The van der Waals surface area contributed by atoms with Crippen LogP contribution in [0.5, 0.6) is 0 Å². The minimum atomic E-state index is -0.0981. The molecular formula is C16H21ClN2O2S. The van der Waals surface area contributed by atoms with Gasteiger partial charge in [-0.2, -0.15) is 0 Å². The van der Waals surface area contributed by atoms with Crippen molar-refractivity contribution in [3.8, 4) is 0 Å². The van der Waals surface area contributed by atoms with E-state index in [9.17, 15) is 9.59 Å². The second kappa shape index (κ2) is 7.88. The predicted molar refractivity (Wildman–Crippen MR) is 90.8 cm³/mol. The molecule has 1 aromatic rings. The van der Waals surface area contributed by atoms with Crippen molar-refractivity contribution in [1.82, 2.24) is 10.2 Å². The molecule has 0 saturated carbocycles. The molecule has 1 fully saturated rings. The van der Waals surface area contributed by atoms with Crippen molar-refractivity contribution in [3.63, 3.8) is 0 Å². The Kier molecular flexibility index (Phi) is 6.15. The molecule has 0 radical (unpaired) electrons. The third-order valence-corrected chi connectivity index (χ3v) is 5.01. The average molecular weight is 341 g/mol. The van der Waals surface area contributed by atoms with Gasteiger partial charge in [0.15, 0.2) is 0 Å². The van der Waals surface area contributed by atoms with Gasteiger partial charge in [0.2, 0.25) is 11.8 Å². The standard InChI is InChI=1S/C16H21ClN2O2S/c1-11(2)9-18-14(20)7-8-19-15(21)10-22-16(19)12-5-3-4-6-13(12)17/h3-6,11,16H,7-10H2,1-2H3,(H,18,20)/t16-/m0/s1. The van der Waals surface area contributed by atoms with E-state index in [1.807, 2.05) is 38.1 Å². The van der Waals surface area contributed by atoms with Crippen molar-refractivity contribution in [3.05, 3.63) is 34.9 Å². The quantitative estimate of drug-likeness (QED) is 0.865. The van der Waals surface area contributed by atoms with Crippen LogP contribution in [0.2, 0.25) is 5.02 Å². The van der Waals surface area contributed by atoms with E-state index < -0.39 is 0 Å². The Labute approximate surface area is 140 Å². The predicted octanol–water partition coefficient (Wildman–Crippen LogP) is 3.08. The first-order chi connectivity index (χ1) is 10.5. The number of hydrogen-bond acceptors (Lipinski definition) is 3. The van der Waals surface area contributed by atoms with Crippen LogP contribution in [-0.2, 0) is 9.59 Å². The summed E-state index contributed by atoms with van der Waals surface area (Å²) < 4.78 is 0. The highest BCUT2D eigenvalue weighted by Gasteiger charge is 2.33. The Balaban J connectivity index is 1.97. The van der Waals surface area contributed by atoms with Gasteiger partial charge in [-0.1, -0.05) is 43.6 Å². The van der Waals surface area contributed by atoms with Gasteiger partial charge in [0.25, 0.3) is 0 Å². The minimum Gasteiger partial charge on any atom is -0.356 e. The summed E-state index contributed by atoms with van der Waals surface area (Å²) in [5.41, 5.74) is 0.933. The normalized spacial score (nSPS) is 18.1. The fourth-order valence-electron chi connectivity index (χ4n) is 2.26. The Morgan fingerprint density at radius 1 is 1.45 bits per heavy atom. The lowest BCUT2D eigenvalue weighted by Gasteiger charge is -2.24. The molecule has 1 saturated heterocycles. The van der Waals surface area contributed by atoms with Crippen molar-refractivity contribution in [1.29, 1.82) is 0 Å². The summed E-state index contributed by atoms with van der Waals surface area (Å²) in [5, 5.41) is 3.44. The molecule has 2 amide bonds. The fourth-order valence-corrected chi connectivity index (χ4v) is 3.82. The number of carbonyl (C=O) groups is 2. The number of amides is 2. The monoisotopic (exact) mass is 340 g/mol. The lowest BCUT2D eigenvalue weighted by Crippen LogP contribution is -2.34. The number of nitrogens with one attached hydrogen (secondary N) is 1. The molecule has 1 aliphatic heterocycles. The molecule has 1 atom stereocenters. The molecule has 4 nitrogen and oxygen atoms in total. The van der Waals surface area contributed by atoms with Crippen LogP contribution < -0.4 is 5.32 Å². The van der Waals surface area contributed by atoms with Gasteiger partial charge in [0, 0.05) is 30.1 Å². The Morgan fingerprint density at radius 2 is 2.18 bits per heavy atom. The Bertz CT molecular complexity index is 551. The van der Waals surface area contributed by atoms with Crippen LogP contribution in [0.3, 0.4) is 0 Å². The molecule has 1 aromatic carbocycles. The van der Waals surface area contributed by atoms with E-state index >= 15 is 0 Å². The lowest BCUT2D eigenvalue weighted by atomic mass is 10.2. The van der Waals surface area contributed by atoms with Crippen molar-refractivity contribution in [2.45, 2.75) is 25.6 Å². The number of nitrogens with zero attached hydrogens (tertiary/aromatic N) is 1. The van der Waals surface area contributed by atoms with Crippen LogP contribution in [0.25, 0.3) is 0 Å². The average Bonchev–Trinajstić information content (AvgIpc) is 2.84. The van der Waals surface area contributed by atoms with Gasteiger partial charge in [-0.05, 0) is 12.0 Å². The van der Waals surface area contributed by atoms with E-state index in [1.165, 1.54) is 0 Å². The number of hydrogen-bond donors (Lipinski definition) is 1. The van der Waals surface area contributed by atoms with Crippen LogP contribution in [0, 0.1) is 5.92 Å². The summed E-state index contributed by atoms with van der Waals surface area (Å²) in [6.45, 7) is 5.18. The van der Waals surface area contributed by atoms with E-state index in [0.29, 0.717) is 36.2 Å². The molecular weight excluding hydrogens is 320 g/mol. The maximum absolute atomic E-state index is 12.1. The molecule has 0 aliphatic carbocycles. The van der Waals surface area contributed by atoms with Crippen molar-refractivity contribution in [2.24, 2.45) is 5.92 Å². The molecule has 22 heavy (non-hydrogen) atoms. The molecule has 2 rings (SSSR count). The van der Waals surface area contributed by atoms with E-state index in [2.05, 4.69) is 5.32 Å². The van der Waals surface area contributed by atoms with Crippen molar-refractivity contribution >= 4 is 35.2 Å². The van der Waals surface area contributed by atoms with E-state index in [1.54, 1.807) is 16.7 Å². The first-order valence-corrected chi connectivity index (χ1v) is 8.84. The van der Waals surface area contributed by atoms with Gasteiger partial charge in [0.1, 0.15) is 5.37 Å². The Hall–Kier alpha value is -1.20. The summed E-state index contributed by atoms with van der Waals surface area (Å²) in [7, 11) is 0. The van der Waals surface area contributed by atoms with Gasteiger partial charge in [-0.3, -0.25) is 9.59 Å². The van der Waals surface area contributed by atoms with Gasteiger partial charge in [-0.15, -0.1) is 11.8 Å². The van der Waals surface area contributed by atoms with Crippen LogP contribution in [0.15, 0.2) is 24.3 Å². The second-order valence-corrected chi connectivity index (χ2v) is 7.20. The van der Waals surface area contributed by atoms with Crippen molar-refractivity contribution in [2.75, 3.05) is 18.8 Å². The van der Waals surface area contributed by atoms with E-state index in [-0.39, 0.29) is 17.2 Å². The van der Waals surface area contributed by atoms with E-state index in [0.717, 1.165) is 5.56 Å². The SMILES string of the molecule is CC(C)CNC(=O)CCN1C(=O)CS[C@H]1c1ccccc1Cl. The third-order valence-electron chi connectivity index (χ3n) is 3.43. The third kappa shape index (κ3) is 4.40. The molecule has 1 heterocycles. The summed E-state index contributed by atoms with van der Waals surface area (Å²) in [6.07, 6.45) is 0.319. The molecule has 0 spiro atoms. The largest absolute Gasteiger partial charge is 0.356 e. The first kappa shape index (κ1) is 17.2. The van der Waals surface area contributed by atoms with Crippen LogP contribution in [-0.4, -0.2) is 35.6 Å². The molecule has 6 heteroatoms. The van der Waals surface area contributed by atoms with Crippen LogP contribution >= 0.6 is 23.4 Å². The van der Waals surface area contributed by atoms with Crippen LogP contribution in [0.1, 0.15) is 31.2 Å². The number of halogens is 1. The Morgan fingerprint density at radius 3 is 2.86 bits per heavy atom. The summed E-state index contributed by atoms with van der Waals surface area (Å²) >= 11 is 7.79. The number of thioether (sulfide) groups is 1. The first-order valence-electron chi connectivity index (χ1n) is 7.41. The smallest absolute Gasteiger partial charge is 0.233 e. The zero-order valence-electron chi connectivity index (χ0n) is 12.8. The summed E-state index contributed by atoms with van der Waals surface area (Å²) in [6, 6.07) is 7.55. The van der Waals surface area contributed by atoms with E-state index in [4.69, 9.17) is 11.6 Å². The second-order valence-electron chi connectivity index (χ2n) is 5.72. The molecule has 0 bridgehead atoms. The summed E-state index contributed by atoms with van der Waals surface area (Å²) in [4.78, 5) is 25.7. The lowest BCUT2D eigenvalue weighted by molar-refractivity contribution is -0.129. The maximum Gasteiger partial charge on any atom is 0.233 e. The fraction of sp³-hybridized carbons (Fsp3) is 0.500. The highest BCUT2D eigenvalue weighted by Crippen LogP contribution is 2.41. The zero-order chi connectivity index (χ0) is 16.1. The zero-order valence-corrected chi connectivity index (χ0v) is 14.4. The van der Waals surface area contributed by atoms with Gasteiger partial charge >= 0.3 is 0 Å². The summed E-state index contributed by atoms with van der Waals surface area (Å²) in [5.74, 6) is 0.899. The molecule has 120 valence electrons. The number of rotatable bonds is 6. The van der Waals surface area contributed by atoms with Crippen molar-refractivity contribution < 1.29 is 9.59 Å². The van der Waals surface area contributed by atoms with Gasteiger partial charge in [-0.25, -0.2) is 0 Å². The minimum absolute atomic E-state index is 0.0173. The van der Waals surface area contributed by atoms with Crippen LogP contribution in [0.4, 0.5) is 0 Å². The van der Waals surface area contributed by atoms with Gasteiger partial charge < -0.3 is 10.2 Å².